The molecule has 0 bridgehead atoms. The topological polar surface area (TPSA) is 78.3 Å². The fourth-order valence-electron chi connectivity index (χ4n) is 3.14. The van der Waals surface area contributed by atoms with Crippen molar-refractivity contribution in [1.29, 1.82) is 0 Å². The van der Waals surface area contributed by atoms with E-state index in [1.54, 1.807) is 12.5 Å². The molecule has 4 aromatic rings. The van der Waals surface area contributed by atoms with Gasteiger partial charge < -0.3 is 14.0 Å². The van der Waals surface area contributed by atoms with Gasteiger partial charge in [0.1, 0.15) is 0 Å². The van der Waals surface area contributed by atoms with Gasteiger partial charge in [0.05, 0.1) is 23.3 Å². The second-order valence-corrected chi connectivity index (χ2v) is 7.41. The highest BCUT2D eigenvalue weighted by molar-refractivity contribution is 7.14. The van der Waals surface area contributed by atoms with Crippen LogP contribution in [0.25, 0.3) is 16.9 Å². The number of rotatable bonds is 4. The minimum Gasteiger partial charge on any atom is -0.454 e. The molecule has 5 rings (SSSR count). The zero-order valence-electron chi connectivity index (χ0n) is 15.5. The van der Waals surface area contributed by atoms with Crippen LogP contribution in [0.15, 0.2) is 60.5 Å². The van der Waals surface area contributed by atoms with Crippen LogP contribution in [0.3, 0.4) is 0 Å². The summed E-state index contributed by atoms with van der Waals surface area (Å²) in [5.74, 6) is 1.21. The first kappa shape index (κ1) is 17.4. The Kier molecular flexibility index (Phi) is 4.25. The number of carbonyl (C=O) groups excluding carboxylic acids is 1. The van der Waals surface area contributed by atoms with Crippen molar-refractivity contribution in [2.24, 2.45) is 0 Å². The molecule has 1 N–H and O–H groups in total. The van der Waals surface area contributed by atoms with Crippen molar-refractivity contribution >= 4 is 22.4 Å². The number of aromatic nitrogens is 3. The van der Waals surface area contributed by atoms with E-state index >= 15 is 0 Å². The third-order valence-electron chi connectivity index (χ3n) is 4.57. The Morgan fingerprint density at radius 3 is 2.93 bits per heavy atom. The largest absolute Gasteiger partial charge is 0.454 e. The molecule has 0 radical (unpaired) electrons. The molecule has 0 fully saturated rings. The fraction of sp³-hybridized carbons (Fsp3) is 0.0952. The Labute approximate surface area is 170 Å². The van der Waals surface area contributed by atoms with Crippen molar-refractivity contribution in [2.45, 2.75) is 6.92 Å². The molecule has 0 saturated heterocycles. The van der Waals surface area contributed by atoms with Gasteiger partial charge >= 0.3 is 0 Å². The van der Waals surface area contributed by atoms with E-state index in [9.17, 15) is 4.79 Å². The van der Waals surface area contributed by atoms with Crippen LogP contribution in [0.5, 0.6) is 11.5 Å². The lowest BCUT2D eigenvalue weighted by Crippen LogP contribution is -2.15. The third kappa shape index (κ3) is 3.34. The molecular weight excluding hydrogens is 388 g/mol. The van der Waals surface area contributed by atoms with Crippen molar-refractivity contribution in [1.82, 2.24) is 14.5 Å². The highest BCUT2D eigenvalue weighted by atomic mass is 32.1. The molecule has 1 amide bonds. The molecule has 0 atom stereocenters. The maximum absolute atomic E-state index is 13.0. The molecule has 29 heavy (non-hydrogen) atoms. The number of benzene rings is 2. The molecule has 1 aliphatic heterocycles. The number of amides is 1. The number of anilines is 1. The van der Waals surface area contributed by atoms with E-state index in [1.165, 1.54) is 11.3 Å². The van der Waals surface area contributed by atoms with Crippen molar-refractivity contribution in [2.75, 3.05) is 12.1 Å². The van der Waals surface area contributed by atoms with E-state index in [0.717, 1.165) is 28.3 Å². The van der Waals surface area contributed by atoms with E-state index in [0.29, 0.717) is 16.4 Å². The van der Waals surface area contributed by atoms with Crippen LogP contribution >= 0.6 is 11.3 Å². The van der Waals surface area contributed by atoms with E-state index < -0.39 is 0 Å². The number of carbonyl (C=O) groups is 1. The van der Waals surface area contributed by atoms with Crippen LogP contribution in [0.4, 0.5) is 5.13 Å². The van der Waals surface area contributed by atoms with Gasteiger partial charge in [-0.1, -0.05) is 11.6 Å². The van der Waals surface area contributed by atoms with Crippen molar-refractivity contribution in [3.05, 3.63) is 71.6 Å². The lowest BCUT2D eigenvalue weighted by molar-refractivity contribution is 0.102. The standard InChI is InChI=1S/C21H16N4O3S/c1-13-2-4-17(25-7-6-22-11-25)15(8-13)20(26)24-21-23-16(10-29-21)14-3-5-18-19(9-14)28-12-27-18/h2-11H,12H2,1H3,(H,23,24,26). The lowest BCUT2D eigenvalue weighted by Gasteiger charge is -2.10. The molecule has 1 aliphatic rings. The average Bonchev–Trinajstić information content (AvgIpc) is 3.48. The van der Waals surface area contributed by atoms with Gasteiger partial charge in [0.25, 0.3) is 5.91 Å². The minimum atomic E-state index is -0.219. The number of fused-ring (bicyclic) bond motifs is 1. The summed E-state index contributed by atoms with van der Waals surface area (Å²) in [6, 6.07) is 11.4. The van der Waals surface area contributed by atoms with Gasteiger partial charge in [-0.3, -0.25) is 10.1 Å². The molecule has 2 aromatic carbocycles. The Morgan fingerprint density at radius 1 is 1.17 bits per heavy atom. The van der Waals surface area contributed by atoms with Crippen LogP contribution in [-0.2, 0) is 0 Å². The molecule has 144 valence electrons. The highest BCUT2D eigenvalue weighted by Gasteiger charge is 2.17. The summed E-state index contributed by atoms with van der Waals surface area (Å²) in [6.07, 6.45) is 5.16. The Morgan fingerprint density at radius 2 is 2.07 bits per heavy atom. The summed E-state index contributed by atoms with van der Waals surface area (Å²) in [5, 5.41) is 5.34. The fourth-order valence-corrected chi connectivity index (χ4v) is 3.86. The minimum absolute atomic E-state index is 0.219. The number of aryl methyl sites for hydroxylation is 1. The van der Waals surface area contributed by atoms with Crippen molar-refractivity contribution < 1.29 is 14.3 Å². The molecule has 8 heteroatoms. The molecule has 7 nitrogen and oxygen atoms in total. The van der Waals surface area contributed by atoms with E-state index in [2.05, 4.69) is 15.3 Å². The Hall–Kier alpha value is -3.65. The number of ether oxygens (including phenoxy) is 2. The molecule has 0 saturated carbocycles. The number of hydrogen-bond donors (Lipinski definition) is 1. The predicted octanol–water partition coefficient (Wildman–Crippen LogP) is 4.29. The van der Waals surface area contributed by atoms with Gasteiger partial charge in [-0.15, -0.1) is 11.3 Å². The molecule has 3 heterocycles. The van der Waals surface area contributed by atoms with Gasteiger partial charge in [-0.25, -0.2) is 9.97 Å². The van der Waals surface area contributed by atoms with Crippen LogP contribution in [0.1, 0.15) is 15.9 Å². The SMILES string of the molecule is Cc1ccc(-n2ccnc2)c(C(=O)Nc2nc(-c3ccc4c(c3)OCO4)cs2)c1. The number of imidazole rings is 1. The van der Waals surface area contributed by atoms with Crippen LogP contribution in [-0.4, -0.2) is 27.2 Å². The van der Waals surface area contributed by atoms with Gasteiger partial charge in [-0.05, 0) is 37.3 Å². The van der Waals surface area contributed by atoms with Crippen molar-refractivity contribution in [3.8, 4) is 28.4 Å². The monoisotopic (exact) mass is 404 g/mol. The first-order valence-corrected chi connectivity index (χ1v) is 9.81. The van der Waals surface area contributed by atoms with E-state index in [1.807, 2.05) is 59.5 Å². The molecule has 0 spiro atoms. The smallest absolute Gasteiger partial charge is 0.259 e. The summed E-state index contributed by atoms with van der Waals surface area (Å²) in [5.41, 5.74) is 3.99. The molecule has 0 unspecified atom stereocenters. The Bertz CT molecular complexity index is 1200. The maximum atomic E-state index is 13.0. The number of nitrogens with zero attached hydrogens (tertiary/aromatic N) is 3. The highest BCUT2D eigenvalue weighted by Crippen LogP contribution is 2.36. The number of thiazole rings is 1. The third-order valence-corrected chi connectivity index (χ3v) is 5.33. The summed E-state index contributed by atoms with van der Waals surface area (Å²) < 4.78 is 12.6. The molecule has 0 aliphatic carbocycles. The molecular formula is C21H16N4O3S. The van der Waals surface area contributed by atoms with Gasteiger partial charge in [0, 0.05) is 23.3 Å². The summed E-state index contributed by atoms with van der Waals surface area (Å²) in [7, 11) is 0. The normalized spacial score (nSPS) is 12.2. The van der Waals surface area contributed by atoms with Crippen LogP contribution in [0.2, 0.25) is 0 Å². The predicted molar refractivity (Wildman–Crippen MR) is 110 cm³/mol. The van der Waals surface area contributed by atoms with E-state index in [4.69, 9.17) is 9.47 Å². The first-order chi connectivity index (χ1) is 14.2. The van der Waals surface area contributed by atoms with Gasteiger partial charge in [-0.2, -0.15) is 0 Å². The average molecular weight is 404 g/mol. The van der Waals surface area contributed by atoms with Gasteiger partial charge in [0.2, 0.25) is 6.79 Å². The maximum Gasteiger partial charge on any atom is 0.259 e. The molecule has 2 aromatic heterocycles. The van der Waals surface area contributed by atoms with E-state index in [-0.39, 0.29) is 12.7 Å². The van der Waals surface area contributed by atoms with Crippen LogP contribution < -0.4 is 14.8 Å². The summed E-state index contributed by atoms with van der Waals surface area (Å²) in [6.45, 7) is 2.18. The summed E-state index contributed by atoms with van der Waals surface area (Å²) in [4.78, 5) is 21.6. The van der Waals surface area contributed by atoms with Crippen LogP contribution in [0, 0.1) is 6.92 Å². The van der Waals surface area contributed by atoms with Crippen molar-refractivity contribution in [3.63, 3.8) is 0 Å². The zero-order chi connectivity index (χ0) is 19.8. The number of nitrogens with one attached hydrogen (secondary N) is 1. The quantitative estimate of drug-likeness (QED) is 0.549. The second kappa shape index (κ2) is 7.06. The second-order valence-electron chi connectivity index (χ2n) is 6.55. The Balaban J connectivity index is 1.41. The zero-order valence-corrected chi connectivity index (χ0v) is 16.3. The lowest BCUT2D eigenvalue weighted by atomic mass is 10.1. The number of hydrogen-bond acceptors (Lipinski definition) is 6. The first-order valence-electron chi connectivity index (χ1n) is 8.93. The summed E-state index contributed by atoms with van der Waals surface area (Å²) >= 11 is 1.37. The van der Waals surface area contributed by atoms with Gasteiger partial charge in [0.15, 0.2) is 16.6 Å².